The SMILES string of the molecule is CCc1ccc(S(=O)(=O)NC2CC(N(CC(=O)O)CC3CC3)C2)cc1CC. The minimum atomic E-state index is -3.55. The Morgan fingerprint density at radius 2 is 1.85 bits per heavy atom. The van der Waals surface area contributed by atoms with Crippen LogP contribution in [0.15, 0.2) is 23.1 Å². The summed E-state index contributed by atoms with van der Waals surface area (Å²) in [4.78, 5) is 13.4. The number of aryl methyl sites for hydroxylation is 2. The number of carbonyl (C=O) groups is 1. The van der Waals surface area contributed by atoms with Gasteiger partial charge in [0, 0.05) is 18.6 Å². The zero-order chi connectivity index (χ0) is 19.6. The lowest BCUT2D eigenvalue weighted by Crippen LogP contribution is -2.55. The Kier molecular flexibility index (Phi) is 6.23. The van der Waals surface area contributed by atoms with Gasteiger partial charge >= 0.3 is 5.97 Å². The zero-order valence-electron chi connectivity index (χ0n) is 16.1. The van der Waals surface area contributed by atoms with Gasteiger partial charge in [-0.05, 0) is 67.7 Å². The Labute approximate surface area is 162 Å². The molecule has 0 bridgehead atoms. The summed E-state index contributed by atoms with van der Waals surface area (Å²) in [5.74, 6) is -0.201. The number of nitrogens with zero attached hydrogens (tertiary/aromatic N) is 1. The fourth-order valence-electron chi connectivity index (χ4n) is 3.86. The number of carboxylic acid groups (broad SMARTS) is 1. The largest absolute Gasteiger partial charge is 0.480 e. The molecule has 6 nitrogen and oxygen atoms in total. The molecule has 3 rings (SSSR count). The van der Waals surface area contributed by atoms with E-state index in [9.17, 15) is 13.2 Å². The van der Waals surface area contributed by atoms with Crippen molar-refractivity contribution in [1.82, 2.24) is 9.62 Å². The van der Waals surface area contributed by atoms with E-state index in [1.807, 2.05) is 17.9 Å². The monoisotopic (exact) mass is 394 g/mol. The highest BCUT2D eigenvalue weighted by atomic mass is 32.2. The van der Waals surface area contributed by atoms with Gasteiger partial charge in [-0.2, -0.15) is 0 Å². The van der Waals surface area contributed by atoms with Gasteiger partial charge in [-0.15, -0.1) is 0 Å². The van der Waals surface area contributed by atoms with Crippen LogP contribution in [-0.2, 0) is 27.7 Å². The third-order valence-electron chi connectivity index (χ3n) is 5.73. The van der Waals surface area contributed by atoms with Gasteiger partial charge in [-0.3, -0.25) is 9.69 Å². The molecule has 150 valence electrons. The summed E-state index contributed by atoms with van der Waals surface area (Å²) >= 11 is 0. The van der Waals surface area contributed by atoms with E-state index in [0.29, 0.717) is 23.7 Å². The molecular formula is C20H30N2O4S. The standard InChI is InChI=1S/C20H30N2O4S/c1-3-15-7-8-19(9-16(15)4-2)27(25,26)21-17-10-18(11-17)22(13-20(23)24)12-14-5-6-14/h7-9,14,17-18,21H,3-6,10-13H2,1-2H3,(H,23,24). The van der Waals surface area contributed by atoms with E-state index in [0.717, 1.165) is 24.9 Å². The van der Waals surface area contributed by atoms with Crippen molar-refractivity contribution in [2.45, 2.75) is 69.4 Å². The van der Waals surface area contributed by atoms with Crippen LogP contribution in [0.5, 0.6) is 0 Å². The van der Waals surface area contributed by atoms with Crippen LogP contribution in [0.3, 0.4) is 0 Å². The van der Waals surface area contributed by atoms with Crippen molar-refractivity contribution in [1.29, 1.82) is 0 Å². The van der Waals surface area contributed by atoms with E-state index in [4.69, 9.17) is 5.11 Å². The summed E-state index contributed by atoms with van der Waals surface area (Å²) in [7, 11) is -3.55. The third-order valence-corrected chi connectivity index (χ3v) is 7.25. The van der Waals surface area contributed by atoms with Crippen molar-refractivity contribution < 1.29 is 18.3 Å². The number of benzene rings is 1. The van der Waals surface area contributed by atoms with Crippen molar-refractivity contribution in [2.75, 3.05) is 13.1 Å². The van der Waals surface area contributed by atoms with Crippen LogP contribution in [0.1, 0.15) is 50.7 Å². The van der Waals surface area contributed by atoms with Crippen LogP contribution in [0, 0.1) is 5.92 Å². The Hall–Kier alpha value is -1.44. The van der Waals surface area contributed by atoms with Crippen LogP contribution in [0.4, 0.5) is 0 Å². The van der Waals surface area contributed by atoms with Crippen LogP contribution < -0.4 is 4.72 Å². The number of nitrogens with one attached hydrogen (secondary N) is 1. The normalized spacial score (nSPS) is 22.6. The van der Waals surface area contributed by atoms with Gasteiger partial charge in [0.15, 0.2) is 0 Å². The number of hydrogen-bond acceptors (Lipinski definition) is 4. The summed E-state index contributed by atoms with van der Waals surface area (Å²) < 4.78 is 28.3. The maximum absolute atomic E-state index is 12.7. The number of aliphatic carboxylic acids is 1. The minimum Gasteiger partial charge on any atom is -0.480 e. The fraction of sp³-hybridized carbons (Fsp3) is 0.650. The topological polar surface area (TPSA) is 86.7 Å². The molecule has 2 saturated carbocycles. The third kappa shape index (κ3) is 5.09. The highest BCUT2D eigenvalue weighted by Gasteiger charge is 2.38. The smallest absolute Gasteiger partial charge is 0.317 e. The lowest BCUT2D eigenvalue weighted by molar-refractivity contribution is -0.139. The molecule has 0 unspecified atom stereocenters. The molecule has 0 heterocycles. The summed E-state index contributed by atoms with van der Waals surface area (Å²) in [5.41, 5.74) is 2.26. The predicted octanol–water partition coefficient (Wildman–Crippen LogP) is 2.42. The Bertz CT molecular complexity index is 783. The molecule has 2 aliphatic carbocycles. The lowest BCUT2D eigenvalue weighted by Gasteiger charge is -2.42. The lowest BCUT2D eigenvalue weighted by atomic mass is 9.86. The number of carboxylic acids is 1. The predicted molar refractivity (Wildman–Crippen MR) is 104 cm³/mol. The first-order valence-corrected chi connectivity index (χ1v) is 11.4. The van der Waals surface area contributed by atoms with Crippen LogP contribution in [-0.4, -0.2) is 49.6 Å². The van der Waals surface area contributed by atoms with Gasteiger partial charge < -0.3 is 5.11 Å². The second kappa shape index (κ2) is 8.29. The molecule has 2 aliphatic rings. The molecule has 0 radical (unpaired) electrons. The molecular weight excluding hydrogens is 364 g/mol. The van der Waals surface area contributed by atoms with Crippen molar-refractivity contribution in [3.8, 4) is 0 Å². The van der Waals surface area contributed by atoms with E-state index in [1.54, 1.807) is 12.1 Å². The van der Waals surface area contributed by atoms with E-state index in [1.165, 1.54) is 18.4 Å². The highest BCUT2D eigenvalue weighted by Crippen LogP contribution is 2.34. The first-order chi connectivity index (χ1) is 12.8. The second-order valence-electron chi connectivity index (χ2n) is 7.85. The molecule has 2 fully saturated rings. The molecule has 0 spiro atoms. The van der Waals surface area contributed by atoms with Gasteiger partial charge in [-0.1, -0.05) is 19.9 Å². The van der Waals surface area contributed by atoms with E-state index >= 15 is 0 Å². The Morgan fingerprint density at radius 3 is 2.41 bits per heavy atom. The molecule has 2 N–H and O–H groups in total. The number of sulfonamides is 1. The Morgan fingerprint density at radius 1 is 1.19 bits per heavy atom. The van der Waals surface area contributed by atoms with Gasteiger partial charge in [0.2, 0.25) is 10.0 Å². The molecule has 1 aromatic rings. The Balaban J connectivity index is 1.60. The van der Waals surface area contributed by atoms with E-state index < -0.39 is 16.0 Å². The maximum atomic E-state index is 12.7. The van der Waals surface area contributed by atoms with Crippen molar-refractivity contribution in [3.05, 3.63) is 29.3 Å². The summed E-state index contributed by atoms with van der Waals surface area (Å²) in [6, 6.07) is 5.40. The van der Waals surface area contributed by atoms with Crippen LogP contribution in [0.25, 0.3) is 0 Å². The summed E-state index contributed by atoms with van der Waals surface area (Å²) in [5, 5.41) is 9.13. The molecule has 27 heavy (non-hydrogen) atoms. The molecule has 1 aromatic carbocycles. The van der Waals surface area contributed by atoms with Gasteiger partial charge in [0.25, 0.3) is 0 Å². The maximum Gasteiger partial charge on any atom is 0.317 e. The van der Waals surface area contributed by atoms with Crippen LogP contribution >= 0.6 is 0 Å². The fourth-order valence-corrected chi connectivity index (χ4v) is 5.17. The quantitative estimate of drug-likeness (QED) is 0.636. The molecule has 0 aliphatic heterocycles. The highest BCUT2D eigenvalue weighted by molar-refractivity contribution is 7.89. The second-order valence-corrected chi connectivity index (χ2v) is 9.56. The molecule has 7 heteroatoms. The van der Waals surface area contributed by atoms with E-state index in [-0.39, 0.29) is 18.6 Å². The first-order valence-electron chi connectivity index (χ1n) is 9.92. The van der Waals surface area contributed by atoms with Gasteiger partial charge in [0.05, 0.1) is 11.4 Å². The van der Waals surface area contributed by atoms with Crippen molar-refractivity contribution in [2.24, 2.45) is 5.92 Å². The van der Waals surface area contributed by atoms with Gasteiger partial charge in [0.1, 0.15) is 0 Å². The molecule has 0 amide bonds. The number of rotatable bonds is 10. The summed E-state index contributed by atoms with van der Waals surface area (Å²) in [6.07, 6.45) is 5.39. The van der Waals surface area contributed by atoms with Crippen molar-refractivity contribution >= 4 is 16.0 Å². The average molecular weight is 395 g/mol. The zero-order valence-corrected chi connectivity index (χ0v) is 17.0. The van der Waals surface area contributed by atoms with Gasteiger partial charge in [-0.25, -0.2) is 13.1 Å². The average Bonchev–Trinajstić information content (AvgIpc) is 3.40. The number of hydrogen-bond donors (Lipinski definition) is 2. The molecule has 0 aromatic heterocycles. The molecule has 0 saturated heterocycles. The molecule has 0 atom stereocenters. The summed E-state index contributed by atoms with van der Waals surface area (Å²) in [6.45, 7) is 4.96. The van der Waals surface area contributed by atoms with Crippen molar-refractivity contribution in [3.63, 3.8) is 0 Å². The van der Waals surface area contributed by atoms with Crippen LogP contribution in [0.2, 0.25) is 0 Å². The van der Waals surface area contributed by atoms with E-state index in [2.05, 4.69) is 11.6 Å². The first kappa shape index (κ1) is 20.3. The minimum absolute atomic E-state index is 0.0407.